The second kappa shape index (κ2) is 9.11. The summed E-state index contributed by atoms with van der Waals surface area (Å²) in [5, 5.41) is 8.38. The predicted molar refractivity (Wildman–Crippen MR) is 123 cm³/mol. The fourth-order valence-corrected chi connectivity index (χ4v) is 6.32. The lowest BCUT2D eigenvalue weighted by Crippen LogP contribution is -2.43. The minimum atomic E-state index is -3.78. The van der Waals surface area contributed by atoms with Gasteiger partial charge in [-0.15, -0.1) is 0 Å². The number of hydrogen-bond acceptors (Lipinski definition) is 7. The van der Waals surface area contributed by atoms with E-state index in [2.05, 4.69) is 10.3 Å². The van der Waals surface area contributed by atoms with E-state index >= 15 is 0 Å². The van der Waals surface area contributed by atoms with Gasteiger partial charge in [0.05, 0.1) is 12.8 Å². The fraction of sp³-hybridized carbons (Fsp3) is 0.435. The zero-order chi connectivity index (χ0) is 23.8. The van der Waals surface area contributed by atoms with Crippen molar-refractivity contribution < 1.29 is 17.7 Å². The van der Waals surface area contributed by atoms with E-state index in [9.17, 15) is 13.2 Å². The number of piperidine rings is 1. The second-order valence-corrected chi connectivity index (χ2v) is 10.0. The molecular weight excluding hydrogens is 444 g/mol. The molecule has 0 spiro atoms. The van der Waals surface area contributed by atoms with Crippen LogP contribution in [0.4, 0.5) is 0 Å². The molecule has 1 aliphatic rings. The summed E-state index contributed by atoms with van der Waals surface area (Å²) in [5.41, 5.74) is 1.67. The molecule has 1 aliphatic heterocycles. The number of aryl methyl sites for hydroxylation is 2. The van der Waals surface area contributed by atoms with Crippen LogP contribution in [0, 0.1) is 13.8 Å². The molecule has 1 aromatic carbocycles. The Kier molecular flexibility index (Phi) is 6.40. The van der Waals surface area contributed by atoms with Gasteiger partial charge in [-0.2, -0.15) is 14.1 Å². The van der Waals surface area contributed by atoms with Gasteiger partial charge in [-0.3, -0.25) is 4.79 Å². The maximum absolute atomic E-state index is 13.7. The summed E-state index contributed by atoms with van der Waals surface area (Å²) in [6, 6.07) is 7.86. The minimum absolute atomic E-state index is 0.0308. The Morgan fingerprint density at radius 1 is 1.18 bits per heavy atom. The van der Waals surface area contributed by atoms with Crippen LogP contribution in [0.5, 0.6) is 5.75 Å². The van der Waals surface area contributed by atoms with E-state index < -0.39 is 10.0 Å². The molecule has 1 atom stereocenters. The maximum Gasteiger partial charge on any atom is 0.271 e. The van der Waals surface area contributed by atoms with Gasteiger partial charge in [0, 0.05) is 24.2 Å². The van der Waals surface area contributed by atoms with Crippen molar-refractivity contribution in [3.63, 3.8) is 0 Å². The first-order valence-electron chi connectivity index (χ1n) is 11.0. The maximum atomic E-state index is 13.7. The van der Waals surface area contributed by atoms with Gasteiger partial charge in [-0.1, -0.05) is 18.5 Å². The lowest BCUT2D eigenvalue weighted by molar-refractivity contribution is 0.246. The van der Waals surface area contributed by atoms with E-state index in [1.807, 2.05) is 6.92 Å². The van der Waals surface area contributed by atoms with Crippen molar-refractivity contribution in [1.82, 2.24) is 19.2 Å². The summed E-state index contributed by atoms with van der Waals surface area (Å²) in [5.74, 6) is 0.742. The van der Waals surface area contributed by atoms with Crippen LogP contribution in [0.15, 0.2) is 44.5 Å². The number of rotatable bonds is 6. The molecule has 10 heteroatoms. The molecule has 9 nitrogen and oxygen atoms in total. The highest BCUT2D eigenvalue weighted by molar-refractivity contribution is 7.89. The van der Waals surface area contributed by atoms with E-state index in [0.717, 1.165) is 25.7 Å². The van der Waals surface area contributed by atoms with Crippen molar-refractivity contribution in [2.45, 2.75) is 57.4 Å². The first-order valence-corrected chi connectivity index (χ1v) is 12.5. The second-order valence-electron chi connectivity index (χ2n) is 8.18. The molecule has 33 heavy (non-hydrogen) atoms. The molecule has 0 aliphatic carbocycles. The van der Waals surface area contributed by atoms with Crippen LogP contribution in [0.2, 0.25) is 0 Å². The minimum Gasteiger partial charge on any atom is -0.495 e. The Morgan fingerprint density at radius 3 is 2.64 bits per heavy atom. The van der Waals surface area contributed by atoms with E-state index in [-0.39, 0.29) is 22.2 Å². The summed E-state index contributed by atoms with van der Waals surface area (Å²) in [4.78, 5) is 12.6. The van der Waals surface area contributed by atoms with Crippen LogP contribution < -0.4 is 10.3 Å². The molecular formula is C23H28N4O5S. The topological polar surface area (TPSA) is 108 Å². The summed E-state index contributed by atoms with van der Waals surface area (Å²) in [6.45, 7) is 5.93. The Balaban J connectivity index is 1.83. The van der Waals surface area contributed by atoms with Gasteiger partial charge in [-0.25, -0.2) is 8.42 Å². The molecule has 0 saturated carbocycles. The molecule has 0 bridgehead atoms. The molecule has 0 N–H and O–H groups in total. The number of nitrogens with zero attached hydrogens (tertiary/aromatic N) is 4. The largest absolute Gasteiger partial charge is 0.495 e. The molecule has 3 heterocycles. The normalized spacial score (nSPS) is 17.3. The van der Waals surface area contributed by atoms with Crippen molar-refractivity contribution >= 4 is 10.0 Å². The third-order valence-corrected chi connectivity index (χ3v) is 8.07. The Morgan fingerprint density at radius 2 is 1.97 bits per heavy atom. The summed E-state index contributed by atoms with van der Waals surface area (Å²) < 4.78 is 40.7. The van der Waals surface area contributed by atoms with Crippen LogP contribution in [0.25, 0.3) is 16.9 Å². The molecule has 176 valence electrons. The van der Waals surface area contributed by atoms with Crippen molar-refractivity contribution in [3.8, 4) is 22.7 Å². The zero-order valence-corrected chi connectivity index (χ0v) is 20.1. The quantitative estimate of drug-likeness (QED) is 0.541. The highest BCUT2D eigenvalue weighted by Crippen LogP contribution is 2.34. The molecule has 0 unspecified atom stereocenters. The number of ether oxygens (including phenoxy) is 1. The molecule has 1 fully saturated rings. The fourth-order valence-electron chi connectivity index (χ4n) is 4.37. The van der Waals surface area contributed by atoms with Crippen LogP contribution in [-0.2, 0) is 10.0 Å². The SMILES string of the molecule is CC[C@@H]1CCCCN1S(=O)(=O)c1cc(-c2ccc(=O)n(-c3c(C)noc3C)n2)ccc1OC. The van der Waals surface area contributed by atoms with Crippen molar-refractivity contribution in [2.24, 2.45) is 0 Å². The van der Waals surface area contributed by atoms with E-state index in [1.165, 1.54) is 17.9 Å². The first-order chi connectivity index (χ1) is 15.8. The number of benzene rings is 1. The Hall–Kier alpha value is -2.98. The Bertz CT molecular complexity index is 1310. The van der Waals surface area contributed by atoms with Gasteiger partial charge in [0.15, 0.2) is 5.76 Å². The smallest absolute Gasteiger partial charge is 0.271 e. The van der Waals surface area contributed by atoms with E-state index in [4.69, 9.17) is 9.26 Å². The zero-order valence-electron chi connectivity index (χ0n) is 19.2. The van der Waals surface area contributed by atoms with Crippen LogP contribution >= 0.6 is 0 Å². The van der Waals surface area contributed by atoms with Gasteiger partial charge in [0.1, 0.15) is 22.0 Å². The molecule has 1 saturated heterocycles. The molecule has 0 radical (unpaired) electrons. The predicted octanol–water partition coefficient (Wildman–Crippen LogP) is 3.47. The first kappa shape index (κ1) is 23.2. The highest BCUT2D eigenvalue weighted by atomic mass is 32.2. The standard InChI is InChI=1S/C23H28N4O5S/c1-5-18-8-6-7-13-26(18)33(29,30)21-14-17(9-11-20(21)31-4)19-10-12-22(28)27(24-19)23-15(2)25-32-16(23)3/h9-12,14,18H,5-8,13H2,1-4H3/t18-/m1/s1. The average Bonchev–Trinajstić information content (AvgIpc) is 3.16. The van der Waals surface area contributed by atoms with Crippen molar-refractivity contribution in [1.29, 1.82) is 0 Å². The van der Waals surface area contributed by atoms with Crippen molar-refractivity contribution in [3.05, 3.63) is 52.1 Å². The van der Waals surface area contributed by atoms with Gasteiger partial charge in [0.25, 0.3) is 5.56 Å². The van der Waals surface area contributed by atoms with Gasteiger partial charge in [0.2, 0.25) is 10.0 Å². The van der Waals surface area contributed by atoms with Crippen LogP contribution in [-0.4, -0.2) is 47.4 Å². The average molecular weight is 473 g/mol. The number of hydrogen-bond donors (Lipinski definition) is 0. The highest BCUT2D eigenvalue weighted by Gasteiger charge is 2.34. The molecule has 0 amide bonds. The third-order valence-electron chi connectivity index (χ3n) is 6.10. The van der Waals surface area contributed by atoms with Crippen molar-refractivity contribution in [2.75, 3.05) is 13.7 Å². The lowest BCUT2D eigenvalue weighted by atomic mass is 10.0. The van der Waals surface area contributed by atoms with E-state index in [1.54, 1.807) is 42.4 Å². The monoisotopic (exact) mass is 472 g/mol. The van der Waals surface area contributed by atoms with Crippen LogP contribution in [0.3, 0.4) is 0 Å². The Labute approximate surface area is 193 Å². The molecule has 2 aromatic heterocycles. The number of sulfonamides is 1. The molecule has 4 rings (SSSR count). The number of methoxy groups -OCH3 is 1. The van der Waals surface area contributed by atoms with E-state index in [0.29, 0.717) is 34.9 Å². The van der Waals surface area contributed by atoms with Gasteiger partial charge >= 0.3 is 0 Å². The number of aromatic nitrogens is 3. The third kappa shape index (κ3) is 4.20. The van der Waals surface area contributed by atoms with Gasteiger partial charge < -0.3 is 9.26 Å². The summed E-state index contributed by atoms with van der Waals surface area (Å²) >= 11 is 0. The van der Waals surface area contributed by atoms with Gasteiger partial charge in [-0.05, 0) is 57.4 Å². The summed E-state index contributed by atoms with van der Waals surface area (Å²) in [6.07, 6.45) is 3.46. The lowest BCUT2D eigenvalue weighted by Gasteiger charge is -2.34. The van der Waals surface area contributed by atoms with Crippen LogP contribution in [0.1, 0.15) is 44.1 Å². The summed E-state index contributed by atoms with van der Waals surface area (Å²) in [7, 11) is -2.33. The molecule has 3 aromatic rings.